The van der Waals surface area contributed by atoms with Crippen molar-refractivity contribution in [3.05, 3.63) is 50.4 Å². The third-order valence-corrected chi connectivity index (χ3v) is 4.12. The van der Waals surface area contributed by atoms with Crippen LogP contribution in [0.15, 0.2) is 44.4 Å². The first kappa shape index (κ1) is 15.8. The Morgan fingerprint density at radius 2 is 2.00 bits per heavy atom. The molecule has 1 aliphatic heterocycles. The van der Waals surface area contributed by atoms with Crippen LogP contribution in [-0.4, -0.2) is 24.0 Å². The first-order valence-corrected chi connectivity index (χ1v) is 8.04. The summed E-state index contributed by atoms with van der Waals surface area (Å²) >= 11 is 6.55. The van der Waals surface area contributed by atoms with E-state index in [4.69, 9.17) is 9.47 Å². The molecule has 8 heteroatoms. The molecule has 2 aromatic rings. The molecule has 1 aliphatic rings. The van der Waals surface area contributed by atoms with Gasteiger partial charge in [0.05, 0.1) is 10.7 Å². The zero-order valence-electron chi connectivity index (χ0n) is 11.5. The van der Waals surface area contributed by atoms with E-state index in [1.54, 1.807) is 30.3 Å². The minimum Gasteiger partial charge on any atom is -0.506 e. The minimum atomic E-state index is -0.395. The van der Waals surface area contributed by atoms with Gasteiger partial charge in [0.25, 0.3) is 5.91 Å². The largest absolute Gasteiger partial charge is 0.506 e. The number of amides is 1. The Labute approximate surface area is 148 Å². The Morgan fingerprint density at radius 3 is 2.83 bits per heavy atom. The third-order valence-electron chi connectivity index (χ3n) is 3.06. The first-order chi connectivity index (χ1) is 11.0. The maximum atomic E-state index is 12.1. The normalized spacial score (nSPS) is 12.6. The number of halogens is 2. The van der Waals surface area contributed by atoms with Crippen molar-refractivity contribution in [2.45, 2.75) is 0 Å². The summed E-state index contributed by atoms with van der Waals surface area (Å²) in [4.78, 5) is 12.1. The highest BCUT2D eigenvalue weighted by Crippen LogP contribution is 2.32. The molecule has 1 amide bonds. The van der Waals surface area contributed by atoms with Gasteiger partial charge in [-0.05, 0) is 46.3 Å². The van der Waals surface area contributed by atoms with Crippen molar-refractivity contribution in [2.24, 2.45) is 5.10 Å². The van der Waals surface area contributed by atoms with Crippen molar-refractivity contribution >= 4 is 44.0 Å². The number of hydrazone groups is 1. The van der Waals surface area contributed by atoms with E-state index in [1.807, 2.05) is 0 Å². The number of fused-ring (bicyclic) bond motifs is 1. The number of nitrogens with zero attached hydrogens (tertiary/aromatic N) is 1. The zero-order valence-corrected chi connectivity index (χ0v) is 14.7. The number of phenolic OH excluding ortho intramolecular Hbond substituents is 1. The number of hydrogen-bond donors (Lipinski definition) is 2. The summed E-state index contributed by atoms with van der Waals surface area (Å²) < 4.78 is 11.7. The second kappa shape index (κ2) is 6.59. The van der Waals surface area contributed by atoms with Crippen LogP contribution in [0.25, 0.3) is 0 Å². The summed E-state index contributed by atoms with van der Waals surface area (Å²) in [6.45, 7) is 0.148. The number of ether oxygens (including phenoxy) is 2. The molecule has 0 spiro atoms. The molecule has 23 heavy (non-hydrogen) atoms. The van der Waals surface area contributed by atoms with E-state index in [9.17, 15) is 9.90 Å². The monoisotopic (exact) mass is 440 g/mol. The van der Waals surface area contributed by atoms with Gasteiger partial charge in [0.15, 0.2) is 11.5 Å². The third kappa shape index (κ3) is 3.48. The fraction of sp³-hybridized carbons (Fsp3) is 0.0667. The smallest absolute Gasteiger partial charge is 0.271 e. The highest BCUT2D eigenvalue weighted by Gasteiger charge is 2.15. The molecule has 0 radical (unpaired) electrons. The zero-order chi connectivity index (χ0) is 16.4. The van der Waals surface area contributed by atoms with Crippen molar-refractivity contribution < 1.29 is 19.4 Å². The van der Waals surface area contributed by atoms with Crippen molar-refractivity contribution in [3.63, 3.8) is 0 Å². The van der Waals surface area contributed by atoms with Gasteiger partial charge in [-0.3, -0.25) is 4.79 Å². The number of aromatic hydroxyl groups is 1. The molecule has 0 bridgehead atoms. The van der Waals surface area contributed by atoms with Crippen molar-refractivity contribution in [1.29, 1.82) is 0 Å². The van der Waals surface area contributed by atoms with Gasteiger partial charge in [0.1, 0.15) is 5.75 Å². The fourth-order valence-electron chi connectivity index (χ4n) is 1.95. The molecule has 0 saturated heterocycles. The van der Waals surface area contributed by atoms with Crippen LogP contribution in [0, 0.1) is 0 Å². The van der Waals surface area contributed by atoms with Crippen LogP contribution in [0.4, 0.5) is 0 Å². The maximum Gasteiger partial charge on any atom is 0.271 e. The summed E-state index contributed by atoms with van der Waals surface area (Å²) in [6.07, 6.45) is 1.36. The Hall–Kier alpha value is -2.06. The van der Waals surface area contributed by atoms with Crippen LogP contribution in [-0.2, 0) is 0 Å². The van der Waals surface area contributed by atoms with Gasteiger partial charge < -0.3 is 14.6 Å². The van der Waals surface area contributed by atoms with Crippen molar-refractivity contribution in [2.75, 3.05) is 6.79 Å². The number of rotatable bonds is 3. The Kier molecular flexibility index (Phi) is 4.53. The average Bonchev–Trinajstić information content (AvgIpc) is 2.99. The van der Waals surface area contributed by atoms with E-state index >= 15 is 0 Å². The van der Waals surface area contributed by atoms with Gasteiger partial charge >= 0.3 is 0 Å². The van der Waals surface area contributed by atoms with Crippen molar-refractivity contribution in [3.8, 4) is 17.2 Å². The molecule has 0 saturated carbocycles. The molecule has 118 valence electrons. The molecule has 0 aromatic heterocycles. The summed E-state index contributed by atoms with van der Waals surface area (Å²) in [5.41, 5.74) is 3.25. The lowest BCUT2D eigenvalue weighted by molar-refractivity contribution is 0.0954. The number of nitrogens with one attached hydrogen (secondary N) is 1. The quantitative estimate of drug-likeness (QED) is 0.565. The van der Waals surface area contributed by atoms with Crippen LogP contribution < -0.4 is 14.9 Å². The molecule has 3 rings (SSSR count). The molecule has 0 unspecified atom stereocenters. The van der Waals surface area contributed by atoms with Gasteiger partial charge in [0, 0.05) is 15.6 Å². The molecule has 0 aliphatic carbocycles. The predicted octanol–water partition coefficient (Wildman–Crippen LogP) is 3.41. The molecular formula is C15H10Br2N2O4. The second-order valence-electron chi connectivity index (χ2n) is 4.59. The lowest BCUT2D eigenvalue weighted by Crippen LogP contribution is -2.17. The van der Waals surface area contributed by atoms with E-state index in [0.29, 0.717) is 27.1 Å². The molecule has 2 N–H and O–H groups in total. The van der Waals surface area contributed by atoms with Crippen LogP contribution in [0.3, 0.4) is 0 Å². The number of phenols is 1. The van der Waals surface area contributed by atoms with Gasteiger partial charge in [-0.15, -0.1) is 0 Å². The second-order valence-corrected chi connectivity index (χ2v) is 6.36. The summed E-state index contributed by atoms with van der Waals surface area (Å²) in [6, 6.07) is 8.25. The van der Waals surface area contributed by atoms with E-state index in [1.165, 1.54) is 6.21 Å². The molecule has 0 fully saturated rings. The highest BCUT2D eigenvalue weighted by molar-refractivity contribution is 9.11. The lowest BCUT2D eigenvalue weighted by atomic mass is 10.2. The SMILES string of the molecule is O=C(NN=Cc1cc(Br)cc(Br)c1O)c1ccc2c(c1)OCO2. The minimum absolute atomic E-state index is 0.0364. The summed E-state index contributed by atoms with van der Waals surface area (Å²) in [7, 11) is 0. The fourth-order valence-corrected chi connectivity index (χ4v) is 3.21. The Balaban J connectivity index is 1.72. The average molecular weight is 442 g/mol. The summed E-state index contributed by atoms with van der Waals surface area (Å²) in [5.74, 6) is 0.770. The molecule has 6 nitrogen and oxygen atoms in total. The number of carbonyl (C=O) groups is 1. The molecular weight excluding hydrogens is 432 g/mol. The highest BCUT2D eigenvalue weighted by atomic mass is 79.9. The van der Waals surface area contributed by atoms with Crippen molar-refractivity contribution in [1.82, 2.24) is 5.43 Å². The van der Waals surface area contributed by atoms with E-state index in [2.05, 4.69) is 42.4 Å². The van der Waals surface area contributed by atoms with Gasteiger partial charge in [-0.1, -0.05) is 15.9 Å². The van der Waals surface area contributed by atoms with Crippen LogP contribution in [0.2, 0.25) is 0 Å². The van der Waals surface area contributed by atoms with Crippen LogP contribution in [0.5, 0.6) is 17.2 Å². The van der Waals surface area contributed by atoms with E-state index in [0.717, 1.165) is 4.47 Å². The molecule has 0 atom stereocenters. The van der Waals surface area contributed by atoms with E-state index < -0.39 is 5.91 Å². The van der Waals surface area contributed by atoms with Gasteiger partial charge in [-0.2, -0.15) is 5.10 Å². The first-order valence-electron chi connectivity index (χ1n) is 6.45. The van der Waals surface area contributed by atoms with Gasteiger partial charge in [0.2, 0.25) is 6.79 Å². The number of benzene rings is 2. The van der Waals surface area contributed by atoms with E-state index in [-0.39, 0.29) is 12.5 Å². The Bertz CT molecular complexity index is 808. The Morgan fingerprint density at radius 1 is 1.22 bits per heavy atom. The molecule has 2 aromatic carbocycles. The van der Waals surface area contributed by atoms with Gasteiger partial charge in [-0.25, -0.2) is 5.43 Å². The topological polar surface area (TPSA) is 80.2 Å². The lowest BCUT2D eigenvalue weighted by Gasteiger charge is -2.04. The molecule has 1 heterocycles. The van der Waals surface area contributed by atoms with Crippen LogP contribution >= 0.6 is 31.9 Å². The standard InChI is InChI=1S/C15H10Br2N2O4/c16-10-3-9(14(20)11(17)5-10)6-18-19-15(21)8-1-2-12-13(4-8)23-7-22-12/h1-6,20H,7H2,(H,19,21). The summed E-state index contributed by atoms with van der Waals surface area (Å²) in [5, 5.41) is 13.8. The number of hydrogen-bond acceptors (Lipinski definition) is 5. The maximum absolute atomic E-state index is 12.1. The van der Waals surface area contributed by atoms with Crippen LogP contribution in [0.1, 0.15) is 15.9 Å². The number of carbonyl (C=O) groups excluding carboxylic acids is 1. The predicted molar refractivity (Wildman–Crippen MR) is 91.1 cm³/mol.